The lowest BCUT2D eigenvalue weighted by Gasteiger charge is -2.19. The number of benzene rings is 1. The first-order valence-electron chi connectivity index (χ1n) is 10.3. The predicted octanol–water partition coefficient (Wildman–Crippen LogP) is 1.81. The molecule has 0 unspecified atom stereocenters. The smallest absolute Gasteiger partial charge is 0.291 e. The van der Waals surface area contributed by atoms with Crippen LogP contribution >= 0.6 is 0 Å². The Kier molecular flexibility index (Phi) is 4.75. The van der Waals surface area contributed by atoms with Gasteiger partial charge >= 0.3 is 0 Å². The minimum atomic E-state index is -2.73. The molecule has 1 aliphatic heterocycles. The molecule has 166 valence electrons. The summed E-state index contributed by atoms with van der Waals surface area (Å²) in [6.07, 6.45) is 1.52. The zero-order chi connectivity index (χ0) is 22.5. The van der Waals surface area contributed by atoms with E-state index in [-0.39, 0.29) is 24.6 Å². The molecule has 1 aliphatic carbocycles. The van der Waals surface area contributed by atoms with Gasteiger partial charge in [-0.05, 0) is 12.0 Å². The second-order valence-electron chi connectivity index (χ2n) is 8.13. The maximum atomic E-state index is 13.4. The molecule has 2 atom stereocenters. The molecular weight excluding hydrogens is 420 g/mol. The van der Waals surface area contributed by atoms with E-state index in [4.69, 9.17) is 0 Å². The Balaban J connectivity index is 1.25. The summed E-state index contributed by atoms with van der Waals surface area (Å²) < 4.78 is 29.9. The van der Waals surface area contributed by atoms with Crippen LogP contribution in [0, 0.1) is 0 Å². The van der Waals surface area contributed by atoms with Gasteiger partial charge in [0.1, 0.15) is 18.2 Å². The van der Waals surface area contributed by atoms with Crippen LogP contribution in [0.3, 0.4) is 0 Å². The van der Waals surface area contributed by atoms with Crippen LogP contribution in [0.2, 0.25) is 0 Å². The van der Waals surface area contributed by atoms with Crippen molar-refractivity contribution in [2.75, 3.05) is 11.9 Å². The van der Waals surface area contributed by atoms with Crippen molar-refractivity contribution in [3.05, 3.63) is 59.8 Å². The van der Waals surface area contributed by atoms with Gasteiger partial charge in [0.2, 0.25) is 5.82 Å². The van der Waals surface area contributed by atoms with Crippen LogP contribution in [0.25, 0.3) is 0 Å². The molecule has 0 saturated heterocycles. The van der Waals surface area contributed by atoms with E-state index in [0.29, 0.717) is 24.6 Å². The number of halogens is 2. The Bertz CT molecular complexity index is 1170. The summed E-state index contributed by atoms with van der Waals surface area (Å²) in [6, 6.07) is 10.4. The third kappa shape index (κ3) is 3.74. The Morgan fingerprint density at radius 2 is 2.00 bits per heavy atom. The molecule has 0 bridgehead atoms. The minimum absolute atomic E-state index is 0.0309. The van der Waals surface area contributed by atoms with Crippen molar-refractivity contribution in [2.24, 2.45) is 0 Å². The van der Waals surface area contributed by atoms with Crippen molar-refractivity contribution in [3.8, 4) is 0 Å². The first-order chi connectivity index (χ1) is 15.3. The van der Waals surface area contributed by atoms with Gasteiger partial charge < -0.3 is 5.32 Å². The molecule has 0 spiro atoms. The highest BCUT2D eigenvalue weighted by Gasteiger charge is 2.59. The highest BCUT2D eigenvalue weighted by Crippen LogP contribution is 2.55. The van der Waals surface area contributed by atoms with Crippen LogP contribution in [0.1, 0.15) is 40.6 Å². The van der Waals surface area contributed by atoms with Gasteiger partial charge in [-0.1, -0.05) is 30.3 Å². The number of hydrogen-bond donors (Lipinski definition) is 1. The summed E-state index contributed by atoms with van der Waals surface area (Å²) in [7, 11) is 1.54. The van der Waals surface area contributed by atoms with Crippen LogP contribution in [0.15, 0.2) is 42.7 Å². The number of rotatable bonds is 5. The number of aromatic nitrogens is 5. The fraction of sp³-hybridized carbons (Fsp3) is 0.381. The van der Waals surface area contributed by atoms with E-state index in [1.165, 1.54) is 17.3 Å². The van der Waals surface area contributed by atoms with E-state index in [1.807, 2.05) is 30.3 Å². The molecule has 1 saturated carbocycles. The third-order valence-corrected chi connectivity index (χ3v) is 5.79. The third-order valence-electron chi connectivity index (χ3n) is 5.79. The number of amides is 2. The molecule has 2 aliphatic rings. The monoisotopic (exact) mass is 441 g/mol. The molecule has 5 rings (SSSR count). The highest BCUT2D eigenvalue weighted by atomic mass is 19.3. The molecule has 11 heteroatoms. The molecule has 1 aromatic carbocycles. The summed E-state index contributed by atoms with van der Waals surface area (Å²) in [5.74, 6) is -4.11. The maximum absolute atomic E-state index is 13.4. The average molecular weight is 441 g/mol. The molecule has 1 N–H and O–H groups in total. The number of fused-ring (bicyclic) bond motifs is 1. The molecule has 0 radical (unpaired) electrons. The van der Waals surface area contributed by atoms with Crippen molar-refractivity contribution in [2.45, 2.75) is 43.8 Å². The van der Waals surface area contributed by atoms with Crippen molar-refractivity contribution in [1.29, 1.82) is 0 Å². The van der Waals surface area contributed by atoms with Crippen molar-refractivity contribution >= 4 is 17.6 Å². The van der Waals surface area contributed by atoms with Gasteiger partial charge in [0.15, 0.2) is 0 Å². The summed E-state index contributed by atoms with van der Waals surface area (Å²) in [4.78, 5) is 31.0. The number of nitrogens with zero attached hydrogens (tertiary/aromatic N) is 6. The lowest BCUT2D eigenvalue weighted by molar-refractivity contribution is -0.120. The number of carbonyl (C=O) groups is 2. The SMILES string of the molecule is CN1C(=O)[C@H](NC(=O)c2ncn(Cc3ccccc3)n2)CCn2nc([C@@H]3CC3(F)F)cc21. The first kappa shape index (κ1) is 20.3. The number of aryl methyl sites for hydroxylation is 1. The highest BCUT2D eigenvalue weighted by molar-refractivity contribution is 6.00. The summed E-state index contributed by atoms with van der Waals surface area (Å²) in [6.45, 7) is 0.778. The topological polar surface area (TPSA) is 97.9 Å². The van der Waals surface area contributed by atoms with Gasteiger partial charge in [-0.3, -0.25) is 14.5 Å². The quantitative estimate of drug-likeness (QED) is 0.651. The Labute approximate surface area is 182 Å². The summed E-state index contributed by atoms with van der Waals surface area (Å²) in [5, 5.41) is 11.2. The second-order valence-corrected chi connectivity index (χ2v) is 8.13. The number of anilines is 1. The van der Waals surface area contributed by atoms with Crippen LogP contribution in [0.5, 0.6) is 0 Å². The number of nitrogens with one attached hydrogen (secondary N) is 1. The van der Waals surface area contributed by atoms with Gasteiger partial charge in [0.05, 0.1) is 18.2 Å². The zero-order valence-electron chi connectivity index (χ0n) is 17.3. The normalized spacial score (nSPS) is 21.7. The van der Waals surface area contributed by atoms with E-state index in [1.54, 1.807) is 16.4 Å². The molecule has 9 nitrogen and oxygen atoms in total. The molecule has 1 fully saturated rings. The van der Waals surface area contributed by atoms with E-state index < -0.39 is 23.8 Å². The van der Waals surface area contributed by atoms with Crippen molar-refractivity contribution in [3.63, 3.8) is 0 Å². The Morgan fingerprint density at radius 1 is 1.25 bits per heavy atom. The Morgan fingerprint density at radius 3 is 2.72 bits per heavy atom. The maximum Gasteiger partial charge on any atom is 0.291 e. The molecular formula is C21H21F2N7O2. The molecule has 2 aromatic heterocycles. The predicted molar refractivity (Wildman–Crippen MR) is 109 cm³/mol. The van der Waals surface area contributed by atoms with Crippen LogP contribution in [-0.4, -0.2) is 55.4 Å². The van der Waals surface area contributed by atoms with Gasteiger partial charge in [0, 0.05) is 26.1 Å². The Hall–Kier alpha value is -3.63. The van der Waals surface area contributed by atoms with Crippen LogP contribution in [-0.2, 0) is 17.9 Å². The molecule has 3 aromatic rings. The minimum Gasteiger partial charge on any atom is -0.337 e. The summed E-state index contributed by atoms with van der Waals surface area (Å²) >= 11 is 0. The first-order valence-corrected chi connectivity index (χ1v) is 10.3. The fourth-order valence-electron chi connectivity index (χ4n) is 3.89. The van der Waals surface area contributed by atoms with Crippen molar-refractivity contribution in [1.82, 2.24) is 29.9 Å². The second kappa shape index (κ2) is 7.50. The van der Waals surface area contributed by atoms with Crippen molar-refractivity contribution < 1.29 is 18.4 Å². The largest absolute Gasteiger partial charge is 0.337 e. The number of likely N-dealkylation sites (N-methyl/N-ethyl adjacent to an activating group) is 1. The van der Waals surface area contributed by atoms with E-state index in [0.717, 1.165) is 5.56 Å². The number of alkyl halides is 2. The van der Waals surface area contributed by atoms with Gasteiger partial charge in [-0.15, -0.1) is 5.10 Å². The van der Waals surface area contributed by atoms with Crippen LogP contribution < -0.4 is 10.2 Å². The van der Waals surface area contributed by atoms with Gasteiger partial charge in [0.25, 0.3) is 17.7 Å². The fourth-order valence-corrected chi connectivity index (χ4v) is 3.89. The van der Waals surface area contributed by atoms with E-state index >= 15 is 0 Å². The molecule has 2 amide bonds. The zero-order valence-corrected chi connectivity index (χ0v) is 17.3. The molecule has 32 heavy (non-hydrogen) atoms. The van der Waals surface area contributed by atoms with E-state index in [2.05, 4.69) is 20.5 Å². The lowest BCUT2D eigenvalue weighted by atomic mass is 10.2. The number of carbonyl (C=O) groups excluding carboxylic acids is 2. The average Bonchev–Trinajstić information content (AvgIpc) is 3.12. The van der Waals surface area contributed by atoms with Gasteiger partial charge in [-0.2, -0.15) is 5.10 Å². The van der Waals surface area contributed by atoms with Gasteiger partial charge in [-0.25, -0.2) is 23.1 Å². The lowest BCUT2D eigenvalue weighted by Crippen LogP contribution is -2.47. The van der Waals surface area contributed by atoms with Crippen LogP contribution in [0.4, 0.5) is 14.6 Å². The molecule has 3 heterocycles. The summed E-state index contributed by atoms with van der Waals surface area (Å²) in [5.41, 5.74) is 1.31. The van der Waals surface area contributed by atoms with E-state index in [9.17, 15) is 18.4 Å². The standard InChI is InChI=1S/C21H21F2N7O2/c1-28-17-9-16(14-10-21(14,22)23)26-30(17)8-7-15(20(28)32)25-19(31)18-24-12-29(27-18)11-13-5-3-2-4-6-13/h2-6,9,12,14-15H,7-8,10-11H2,1H3,(H,25,31)/t14-,15+/m0/s1. The number of hydrogen-bond acceptors (Lipinski definition) is 5.